The molecular weight excluding hydrogens is 440 g/mol. The number of ether oxygens (including phenoxy) is 2. The smallest absolute Gasteiger partial charge is 0.263 e. The maximum atomic E-state index is 12.7. The van der Waals surface area contributed by atoms with Crippen molar-refractivity contribution in [3.8, 4) is 11.5 Å². The molecule has 0 aromatic heterocycles. The number of benzene rings is 2. The molecule has 0 radical (unpaired) electrons. The Morgan fingerprint density at radius 3 is 2.48 bits per heavy atom. The summed E-state index contributed by atoms with van der Waals surface area (Å²) in [5.74, 6) is 0.740. The van der Waals surface area contributed by atoms with Gasteiger partial charge in [-0.2, -0.15) is 0 Å². The van der Waals surface area contributed by atoms with Crippen LogP contribution in [0.5, 0.6) is 11.5 Å². The second kappa shape index (κ2) is 10.0. The third-order valence-electron chi connectivity index (χ3n) is 5.52. The molecular formula is C25H34N2O5S. The molecule has 8 heteroatoms. The van der Waals surface area contributed by atoms with E-state index in [4.69, 9.17) is 9.47 Å². The van der Waals surface area contributed by atoms with Gasteiger partial charge < -0.3 is 14.8 Å². The highest BCUT2D eigenvalue weighted by Gasteiger charge is 2.35. The first-order valence-corrected chi connectivity index (χ1v) is 13.1. The summed E-state index contributed by atoms with van der Waals surface area (Å²) in [6.07, 6.45) is 2.32. The molecule has 2 aromatic carbocycles. The van der Waals surface area contributed by atoms with Crippen LogP contribution in [0.1, 0.15) is 45.2 Å². The Morgan fingerprint density at radius 1 is 1.18 bits per heavy atom. The van der Waals surface area contributed by atoms with E-state index in [1.54, 1.807) is 6.07 Å². The fraction of sp³-hybridized carbons (Fsp3) is 0.480. The molecule has 180 valence electrons. The molecule has 1 heterocycles. The number of nitrogens with zero attached hydrogens (tertiary/aromatic N) is 1. The molecule has 1 amide bonds. The van der Waals surface area contributed by atoms with Gasteiger partial charge >= 0.3 is 0 Å². The van der Waals surface area contributed by atoms with E-state index in [1.807, 2.05) is 36.4 Å². The van der Waals surface area contributed by atoms with Crippen molar-refractivity contribution in [3.05, 3.63) is 53.6 Å². The van der Waals surface area contributed by atoms with E-state index in [0.717, 1.165) is 30.4 Å². The Morgan fingerprint density at radius 2 is 1.88 bits per heavy atom. The normalized spacial score (nSPS) is 16.0. The number of hydrogen-bond donors (Lipinski definition) is 1. The molecule has 0 bridgehead atoms. The minimum Gasteiger partial charge on any atom is -0.492 e. The number of anilines is 1. The predicted molar refractivity (Wildman–Crippen MR) is 131 cm³/mol. The van der Waals surface area contributed by atoms with Crippen molar-refractivity contribution in [1.82, 2.24) is 5.32 Å². The van der Waals surface area contributed by atoms with Crippen LogP contribution in [0.2, 0.25) is 0 Å². The van der Waals surface area contributed by atoms with Crippen molar-refractivity contribution < 1.29 is 22.7 Å². The molecule has 2 aromatic rings. The number of carbonyl (C=O) groups is 1. The minimum absolute atomic E-state index is 0.0784. The number of sulfonamides is 1. The lowest BCUT2D eigenvalue weighted by Gasteiger charge is -2.35. The van der Waals surface area contributed by atoms with Crippen LogP contribution in [0.3, 0.4) is 0 Å². The number of hydrogen-bond acceptors (Lipinski definition) is 5. The molecule has 7 nitrogen and oxygen atoms in total. The first kappa shape index (κ1) is 24.9. The van der Waals surface area contributed by atoms with E-state index in [9.17, 15) is 13.2 Å². The summed E-state index contributed by atoms with van der Waals surface area (Å²) >= 11 is 0. The summed E-state index contributed by atoms with van der Waals surface area (Å²) in [5, 5.41) is 2.78. The van der Waals surface area contributed by atoms with Crippen LogP contribution in [-0.4, -0.2) is 46.4 Å². The molecule has 1 atom stereocenters. The standard InChI is InChI=1S/C25H34N2O5S/c1-6-7-18-8-11-20(12-9-18)31-15-14-26-24(28)23-17-27(33(5,29)30)21-16-19(25(2,3)4)10-13-22(21)32-23/h8-13,16,23H,6-7,14-15,17H2,1-5H3,(H,26,28). The Balaban J connectivity index is 1.62. The number of fused-ring (bicyclic) bond motifs is 1. The van der Waals surface area contributed by atoms with Crippen molar-refractivity contribution in [1.29, 1.82) is 0 Å². The molecule has 0 aliphatic carbocycles. The van der Waals surface area contributed by atoms with Crippen LogP contribution in [0.25, 0.3) is 0 Å². The quantitative estimate of drug-likeness (QED) is 0.590. The number of rotatable bonds is 8. The van der Waals surface area contributed by atoms with Crippen LogP contribution in [-0.2, 0) is 26.7 Å². The molecule has 1 aliphatic rings. The Hall–Kier alpha value is -2.74. The lowest BCUT2D eigenvalue weighted by atomic mass is 9.86. The first-order chi connectivity index (χ1) is 15.5. The van der Waals surface area contributed by atoms with Gasteiger partial charge in [-0.15, -0.1) is 0 Å². The van der Waals surface area contributed by atoms with Crippen LogP contribution in [0.15, 0.2) is 42.5 Å². The summed E-state index contributed by atoms with van der Waals surface area (Å²) in [5.41, 5.74) is 2.56. The highest BCUT2D eigenvalue weighted by molar-refractivity contribution is 7.92. The molecule has 3 rings (SSSR count). The first-order valence-electron chi connectivity index (χ1n) is 11.3. The topological polar surface area (TPSA) is 84.9 Å². The average Bonchev–Trinajstić information content (AvgIpc) is 2.75. The summed E-state index contributed by atoms with van der Waals surface area (Å²) in [7, 11) is -3.59. The lowest BCUT2D eigenvalue weighted by Crippen LogP contribution is -2.51. The van der Waals surface area contributed by atoms with Crippen LogP contribution >= 0.6 is 0 Å². The van der Waals surface area contributed by atoms with Crippen molar-refractivity contribution in [3.63, 3.8) is 0 Å². The van der Waals surface area contributed by atoms with Gasteiger partial charge in [0.25, 0.3) is 5.91 Å². The second-order valence-corrected chi connectivity index (χ2v) is 11.3. The molecule has 33 heavy (non-hydrogen) atoms. The zero-order valence-electron chi connectivity index (χ0n) is 20.1. The van der Waals surface area contributed by atoms with E-state index < -0.39 is 16.1 Å². The summed E-state index contributed by atoms with van der Waals surface area (Å²) < 4.78 is 37.8. The van der Waals surface area contributed by atoms with Gasteiger partial charge in [0.1, 0.15) is 18.1 Å². The van der Waals surface area contributed by atoms with Gasteiger partial charge in [0, 0.05) is 0 Å². The van der Waals surface area contributed by atoms with E-state index in [1.165, 1.54) is 9.87 Å². The fourth-order valence-corrected chi connectivity index (χ4v) is 4.57. The SMILES string of the molecule is CCCc1ccc(OCCNC(=O)C2CN(S(C)(=O)=O)c3cc(C(C)(C)C)ccc3O2)cc1. The van der Waals surface area contributed by atoms with Gasteiger partial charge in [-0.3, -0.25) is 9.10 Å². The van der Waals surface area contributed by atoms with Crippen molar-refractivity contribution >= 4 is 21.6 Å². The fourth-order valence-electron chi connectivity index (χ4n) is 3.67. The third-order valence-corrected chi connectivity index (χ3v) is 6.67. The predicted octanol–water partition coefficient (Wildman–Crippen LogP) is 3.66. The molecule has 0 saturated heterocycles. The average molecular weight is 475 g/mol. The van der Waals surface area contributed by atoms with Crippen LogP contribution in [0, 0.1) is 0 Å². The summed E-state index contributed by atoms with van der Waals surface area (Å²) in [6.45, 7) is 8.81. The minimum atomic E-state index is -3.59. The zero-order valence-corrected chi connectivity index (χ0v) is 20.9. The van der Waals surface area contributed by atoms with Gasteiger partial charge in [0.15, 0.2) is 6.10 Å². The maximum Gasteiger partial charge on any atom is 0.263 e. The van der Waals surface area contributed by atoms with Crippen molar-refractivity contribution in [2.75, 3.05) is 30.3 Å². The van der Waals surface area contributed by atoms with Crippen molar-refractivity contribution in [2.45, 2.75) is 52.1 Å². The van der Waals surface area contributed by atoms with E-state index in [2.05, 4.69) is 33.0 Å². The summed E-state index contributed by atoms with van der Waals surface area (Å²) in [4.78, 5) is 12.7. The lowest BCUT2D eigenvalue weighted by molar-refractivity contribution is -0.127. The largest absolute Gasteiger partial charge is 0.492 e. The van der Waals surface area contributed by atoms with E-state index >= 15 is 0 Å². The van der Waals surface area contributed by atoms with Crippen LogP contribution in [0.4, 0.5) is 5.69 Å². The summed E-state index contributed by atoms with van der Waals surface area (Å²) in [6, 6.07) is 13.4. The molecule has 1 N–H and O–H groups in total. The van der Waals surface area contributed by atoms with Crippen molar-refractivity contribution in [2.24, 2.45) is 0 Å². The van der Waals surface area contributed by atoms with Gasteiger partial charge in [-0.25, -0.2) is 8.42 Å². The van der Waals surface area contributed by atoms with E-state index in [-0.39, 0.29) is 24.4 Å². The molecule has 0 spiro atoms. The molecule has 0 fully saturated rings. The van der Waals surface area contributed by atoms with Gasteiger partial charge in [0.05, 0.1) is 25.0 Å². The molecule has 1 unspecified atom stereocenters. The number of carbonyl (C=O) groups excluding carboxylic acids is 1. The third kappa shape index (κ3) is 6.41. The van der Waals surface area contributed by atoms with Crippen LogP contribution < -0.4 is 19.1 Å². The number of nitrogens with one attached hydrogen (secondary N) is 1. The molecule has 1 aliphatic heterocycles. The second-order valence-electron chi connectivity index (χ2n) is 9.37. The monoisotopic (exact) mass is 474 g/mol. The maximum absolute atomic E-state index is 12.7. The van der Waals surface area contributed by atoms with Gasteiger partial charge in [-0.1, -0.05) is 52.3 Å². The number of amides is 1. The van der Waals surface area contributed by atoms with E-state index in [0.29, 0.717) is 18.0 Å². The molecule has 0 saturated carbocycles. The highest BCUT2D eigenvalue weighted by Crippen LogP contribution is 2.38. The zero-order chi connectivity index (χ0) is 24.2. The highest BCUT2D eigenvalue weighted by atomic mass is 32.2. The number of aryl methyl sites for hydroxylation is 1. The Labute approximate surface area is 197 Å². The Bertz CT molecular complexity index is 1070. The Kier molecular flexibility index (Phi) is 7.57. The van der Waals surface area contributed by atoms with Gasteiger partial charge in [0.2, 0.25) is 10.0 Å². The van der Waals surface area contributed by atoms with Gasteiger partial charge in [-0.05, 0) is 47.2 Å².